The van der Waals surface area contributed by atoms with Crippen molar-refractivity contribution in [2.24, 2.45) is 0 Å². The van der Waals surface area contributed by atoms with Crippen LogP contribution in [0.2, 0.25) is 5.02 Å². The Hall–Kier alpha value is -2.54. The molecule has 1 aliphatic rings. The van der Waals surface area contributed by atoms with Crippen molar-refractivity contribution in [2.45, 2.75) is 30.0 Å². The van der Waals surface area contributed by atoms with Crippen molar-refractivity contribution < 1.29 is 22.7 Å². The van der Waals surface area contributed by atoms with Gasteiger partial charge in [-0.2, -0.15) is 8.42 Å². The van der Waals surface area contributed by atoms with Crippen LogP contribution in [0.1, 0.15) is 44.0 Å². The summed E-state index contributed by atoms with van der Waals surface area (Å²) in [5.41, 5.74) is 1.29. The molecule has 2 aromatic heterocycles. The minimum Gasteiger partial charge on any atom is -0.465 e. The van der Waals surface area contributed by atoms with Crippen molar-refractivity contribution in [1.82, 2.24) is 10.2 Å². The van der Waals surface area contributed by atoms with Crippen LogP contribution in [0, 0.1) is 0 Å². The predicted octanol–water partition coefficient (Wildman–Crippen LogP) is 3.97. The molecule has 2 N–H and O–H groups in total. The molecule has 0 fully saturated rings. The van der Waals surface area contributed by atoms with Crippen LogP contribution >= 0.6 is 34.3 Å². The van der Waals surface area contributed by atoms with Gasteiger partial charge in [0.2, 0.25) is 5.13 Å². The number of benzene rings is 1. The second-order valence-electron chi connectivity index (χ2n) is 6.82. The number of rotatable bonds is 6. The van der Waals surface area contributed by atoms with E-state index in [1.807, 2.05) is 0 Å². The molecule has 1 amide bonds. The summed E-state index contributed by atoms with van der Waals surface area (Å²) in [7, 11) is -2.89. The smallest absolute Gasteiger partial charge is 0.341 e. The van der Waals surface area contributed by atoms with E-state index in [1.54, 1.807) is 18.2 Å². The molecule has 13 heteroatoms. The second kappa shape index (κ2) is 9.14. The van der Waals surface area contributed by atoms with Crippen LogP contribution in [0.15, 0.2) is 28.6 Å². The zero-order chi connectivity index (χ0) is 22.9. The van der Waals surface area contributed by atoms with Gasteiger partial charge in [-0.25, -0.2) is 4.79 Å². The number of nitrogens with one attached hydrogen (secondary N) is 2. The van der Waals surface area contributed by atoms with E-state index in [4.69, 9.17) is 16.3 Å². The van der Waals surface area contributed by atoms with Gasteiger partial charge in [-0.15, -0.1) is 21.5 Å². The fraction of sp³-hybridized carbons (Fsp3) is 0.263. The van der Waals surface area contributed by atoms with E-state index in [-0.39, 0.29) is 30.6 Å². The van der Waals surface area contributed by atoms with Gasteiger partial charge >= 0.3 is 5.97 Å². The highest BCUT2D eigenvalue weighted by atomic mass is 35.5. The first kappa shape index (κ1) is 22.6. The number of esters is 1. The van der Waals surface area contributed by atoms with Crippen molar-refractivity contribution in [3.63, 3.8) is 0 Å². The quantitative estimate of drug-likeness (QED) is 0.377. The minimum absolute atomic E-state index is 0.00559. The topological polar surface area (TPSA) is 127 Å². The van der Waals surface area contributed by atoms with E-state index in [9.17, 15) is 18.0 Å². The summed E-state index contributed by atoms with van der Waals surface area (Å²) in [6, 6.07) is 6.44. The molecule has 2 heterocycles. The van der Waals surface area contributed by atoms with Gasteiger partial charge in [-0.05, 0) is 43.4 Å². The van der Waals surface area contributed by atoms with Gasteiger partial charge < -0.3 is 4.74 Å². The van der Waals surface area contributed by atoms with Crippen LogP contribution in [-0.4, -0.2) is 37.6 Å². The van der Waals surface area contributed by atoms with Crippen LogP contribution in [0.5, 0.6) is 0 Å². The molecule has 168 valence electrons. The third-order valence-corrected chi connectivity index (χ3v) is 8.99. The van der Waals surface area contributed by atoms with E-state index in [0.29, 0.717) is 17.8 Å². The average molecular weight is 513 g/mol. The lowest BCUT2D eigenvalue weighted by Crippen LogP contribution is -2.15. The van der Waals surface area contributed by atoms with E-state index < -0.39 is 21.9 Å². The third kappa shape index (κ3) is 4.49. The van der Waals surface area contributed by atoms with E-state index >= 15 is 0 Å². The maximum absolute atomic E-state index is 12.9. The zero-order valence-electron chi connectivity index (χ0n) is 16.7. The lowest BCUT2D eigenvalue weighted by Gasteiger charge is -2.11. The Kier molecular flexibility index (Phi) is 6.47. The largest absolute Gasteiger partial charge is 0.465 e. The van der Waals surface area contributed by atoms with Gasteiger partial charge in [0.15, 0.2) is 0 Å². The number of thiophene rings is 1. The number of ether oxygens (including phenoxy) is 1. The minimum atomic E-state index is -4.14. The van der Waals surface area contributed by atoms with Crippen molar-refractivity contribution in [3.05, 3.63) is 50.9 Å². The van der Waals surface area contributed by atoms with Gasteiger partial charge in [0, 0.05) is 4.88 Å². The molecule has 1 aromatic carbocycles. The molecule has 0 bridgehead atoms. The van der Waals surface area contributed by atoms with Crippen LogP contribution in [0.3, 0.4) is 0 Å². The number of anilines is 2. The molecule has 9 nitrogen and oxygen atoms in total. The molecule has 0 saturated carbocycles. The van der Waals surface area contributed by atoms with E-state index in [1.165, 1.54) is 24.5 Å². The number of hydrogen-bond acceptors (Lipinski definition) is 9. The summed E-state index contributed by atoms with van der Waals surface area (Å²) in [4.78, 5) is 25.7. The highest BCUT2D eigenvalue weighted by Crippen LogP contribution is 2.39. The molecule has 0 radical (unpaired) electrons. The van der Waals surface area contributed by atoms with Gasteiger partial charge in [-0.3, -0.25) is 14.8 Å². The number of nitrogens with zero attached hydrogens (tertiary/aromatic N) is 2. The number of hydrogen-bond donors (Lipinski definition) is 2. The Morgan fingerprint density at radius 1 is 1.12 bits per heavy atom. The first-order valence-corrected chi connectivity index (χ1v) is 12.9. The summed E-state index contributed by atoms with van der Waals surface area (Å²) < 4.78 is 32.8. The van der Waals surface area contributed by atoms with Crippen LogP contribution in [0.25, 0.3) is 0 Å². The summed E-state index contributed by atoms with van der Waals surface area (Å²) >= 11 is 7.92. The standard InChI is InChI=1S/C19H17ClN4O5S3/c1-29-17(26)14-11-7-3-5-9-13(11)30-16(14)24-32(27,28)19-23-22-18(31-19)21-15(25)10-6-2-4-8-12(10)20/h2,4,6,8,24H,3,5,7,9H2,1H3,(H,21,22,25). The predicted molar refractivity (Wildman–Crippen MR) is 122 cm³/mol. The highest BCUT2D eigenvalue weighted by Gasteiger charge is 2.30. The normalized spacial score (nSPS) is 13.3. The number of aromatic nitrogens is 2. The van der Waals surface area contributed by atoms with Gasteiger partial charge in [0.05, 0.1) is 23.3 Å². The number of carbonyl (C=O) groups excluding carboxylic acids is 2. The number of methoxy groups -OCH3 is 1. The number of carbonyl (C=O) groups is 2. The van der Waals surface area contributed by atoms with Crippen molar-refractivity contribution in [1.29, 1.82) is 0 Å². The maximum atomic E-state index is 12.9. The molecule has 0 aliphatic heterocycles. The van der Waals surface area contributed by atoms with Gasteiger partial charge in [0.25, 0.3) is 20.3 Å². The number of halogens is 1. The fourth-order valence-electron chi connectivity index (χ4n) is 3.30. The van der Waals surface area contributed by atoms with Crippen molar-refractivity contribution >= 4 is 66.3 Å². The lowest BCUT2D eigenvalue weighted by molar-refractivity contribution is 0.0601. The molecule has 3 aromatic rings. The summed E-state index contributed by atoms with van der Waals surface area (Å²) in [6.07, 6.45) is 3.37. The molecule has 0 saturated heterocycles. The summed E-state index contributed by atoms with van der Waals surface area (Å²) in [5.74, 6) is -1.13. The number of amides is 1. The molecule has 0 atom stereocenters. The van der Waals surface area contributed by atoms with Crippen molar-refractivity contribution in [2.75, 3.05) is 17.1 Å². The summed E-state index contributed by atoms with van der Waals surface area (Å²) in [6.45, 7) is 0. The molecule has 0 spiro atoms. The number of aryl methyl sites for hydroxylation is 1. The molecule has 0 unspecified atom stereocenters. The molecular weight excluding hydrogens is 496 g/mol. The van der Waals surface area contributed by atoms with Gasteiger partial charge in [-0.1, -0.05) is 35.1 Å². The molecule has 32 heavy (non-hydrogen) atoms. The fourth-order valence-corrected chi connectivity index (χ4v) is 7.00. The van der Waals surface area contributed by atoms with E-state index in [2.05, 4.69) is 20.2 Å². The Morgan fingerprint density at radius 3 is 2.62 bits per heavy atom. The first-order valence-electron chi connectivity index (χ1n) is 9.45. The lowest BCUT2D eigenvalue weighted by atomic mass is 9.95. The molecular formula is C19H17ClN4O5S3. The highest BCUT2D eigenvalue weighted by molar-refractivity contribution is 7.94. The van der Waals surface area contributed by atoms with Gasteiger partial charge in [0.1, 0.15) is 5.00 Å². The average Bonchev–Trinajstić information content (AvgIpc) is 3.38. The SMILES string of the molecule is COC(=O)c1c(NS(=O)(=O)c2nnc(NC(=O)c3ccccc3Cl)s2)sc2c1CCCC2. The Bertz CT molecular complexity index is 1300. The number of sulfonamides is 1. The van der Waals surface area contributed by atoms with Crippen LogP contribution in [0.4, 0.5) is 10.1 Å². The summed E-state index contributed by atoms with van der Waals surface area (Å²) in [5, 5.41) is 10.4. The first-order chi connectivity index (χ1) is 15.3. The van der Waals surface area contributed by atoms with Crippen LogP contribution < -0.4 is 10.0 Å². The Balaban J connectivity index is 1.57. The number of fused-ring (bicyclic) bond motifs is 1. The maximum Gasteiger partial charge on any atom is 0.341 e. The molecule has 1 aliphatic carbocycles. The monoisotopic (exact) mass is 512 g/mol. The zero-order valence-corrected chi connectivity index (χ0v) is 19.9. The Morgan fingerprint density at radius 2 is 1.88 bits per heavy atom. The third-order valence-electron chi connectivity index (χ3n) is 4.76. The van der Waals surface area contributed by atoms with E-state index in [0.717, 1.165) is 29.7 Å². The second-order valence-corrected chi connectivity index (χ2v) is 11.2. The van der Waals surface area contributed by atoms with Crippen molar-refractivity contribution in [3.8, 4) is 0 Å². The van der Waals surface area contributed by atoms with Crippen LogP contribution in [-0.2, 0) is 27.6 Å². The molecule has 4 rings (SSSR count). The Labute approximate surface area is 196 Å².